The summed E-state index contributed by atoms with van der Waals surface area (Å²) in [6.07, 6.45) is 60.6. The van der Waals surface area contributed by atoms with Crippen molar-refractivity contribution in [3.8, 4) is 0 Å². The Bertz CT molecular complexity index is 1040. The highest BCUT2D eigenvalue weighted by Gasteiger charge is 2.24. The molecule has 370 valence electrons. The van der Waals surface area contributed by atoms with Gasteiger partial charge < -0.3 is 20.3 Å². The number of aliphatic hydroxyl groups is 2. The number of hydrogen-bond acceptors (Lipinski definition) is 5. The molecule has 6 heteroatoms. The van der Waals surface area contributed by atoms with Crippen LogP contribution in [0.5, 0.6) is 0 Å². The molecule has 3 unspecified atom stereocenters. The van der Waals surface area contributed by atoms with Crippen LogP contribution in [0.2, 0.25) is 0 Å². The second-order valence-corrected chi connectivity index (χ2v) is 19.0. The number of carbonyl (C=O) groups is 2. The van der Waals surface area contributed by atoms with E-state index in [2.05, 4.69) is 62.5 Å². The number of carbonyl (C=O) groups excluding carboxylic acids is 2. The van der Waals surface area contributed by atoms with Crippen LogP contribution in [0.15, 0.2) is 36.5 Å². The van der Waals surface area contributed by atoms with Crippen LogP contribution in [0, 0.1) is 0 Å². The highest BCUT2D eigenvalue weighted by atomic mass is 16.5. The molecule has 0 rings (SSSR count). The van der Waals surface area contributed by atoms with Crippen molar-refractivity contribution in [3.63, 3.8) is 0 Å². The van der Waals surface area contributed by atoms with Crippen LogP contribution < -0.4 is 5.32 Å². The predicted octanol–water partition coefficient (Wildman–Crippen LogP) is 16.8. The van der Waals surface area contributed by atoms with Crippen molar-refractivity contribution in [2.24, 2.45) is 0 Å². The Morgan fingerprint density at radius 1 is 0.460 bits per heavy atom. The zero-order valence-electron chi connectivity index (χ0n) is 42.2. The molecule has 0 aliphatic heterocycles. The molecule has 0 spiro atoms. The highest BCUT2D eigenvalue weighted by Crippen LogP contribution is 2.18. The number of amides is 1. The summed E-state index contributed by atoms with van der Waals surface area (Å²) in [6, 6.07) is -0.704. The zero-order valence-corrected chi connectivity index (χ0v) is 42.2. The van der Waals surface area contributed by atoms with E-state index in [0.717, 1.165) is 77.0 Å². The third-order valence-electron chi connectivity index (χ3n) is 12.7. The van der Waals surface area contributed by atoms with E-state index >= 15 is 0 Å². The minimum atomic E-state index is -0.789. The Hall–Kier alpha value is -1.92. The minimum Gasteiger partial charge on any atom is -0.462 e. The fourth-order valence-corrected chi connectivity index (χ4v) is 8.46. The summed E-state index contributed by atoms with van der Waals surface area (Å²) in [5.74, 6) is -0.480. The lowest BCUT2D eigenvalue weighted by molar-refractivity contribution is -0.151. The number of allylic oxidation sites excluding steroid dienone is 6. The van der Waals surface area contributed by atoms with E-state index in [1.165, 1.54) is 167 Å². The highest BCUT2D eigenvalue weighted by molar-refractivity contribution is 5.77. The molecular formula is C57H107NO5. The second-order valence-electron chi connectivity index (χ2n) is 19.0. The number of ether oxygens (including phenoxy) is 1. The largest absolute Gasteiger partial charge is 0.462 e. The van der Waals surface area contributed by atoms with Crippen molar-refractivity contribution in [1.29, 1.82) is 0 Å². The first-order chi connectivity index (χ1) is 31.0. The summed E-state index contributed by atoms with van der Waals surface area (Å²) in [5, 5.41) is 23.8. The molecule has 0 aromatic heterocycles. The number of nitrogens with one attached hydrogen (secondary N) is 1. The number of esters is 1. The van der Waals surface area contributed by atoms with E-state index in [9.17, 15) is 19.8 Å². The van der Waals surface area contributed by atoms with Gasteiger partial charge in [0.1, 0.15) is 6.10 Å². The summed E-state index contributed by atoms with van der Waals surface area (Å²) < 4.78 is 5.95. The van der Waals surface area contributed by atoms with Gasteiger partial charge in [0.15, 0.2) is 0 Å². The number of hydrogen-bond donors (Lipinski definition) is 3. The number of unbranched alkanes of at least 4 members (excludes halogenated alkanes) is 32. The van der Waals surface area contributed by atoms with Gasteiger partial charge in [0, 0.05) is 6.42 Å². The van der Waals surface area contributed by atoms with Gasteiger partial charge in [-0.2, -0.15) is 0 Å². The van der Waals surface area contributed by atoms with E-state index in [-0.39, 0.29) is 24.9 Å². The fourth-order valence-electron chi connectivity index (χ4n) is 8.46. The van der Waals surface area contributed by atoms with Crippen LogP contribution >= 0.6 is 0 Å². The van der Waals surface area contributed by atoms with Crippen molar-refractivity contribution in [1.82, 2.24) is 5.32 Å². The average molecular weight is 886 g/mol. The number of rotatable bonds is 50. The molecule has 0 bridgehead atoms. The lowest BCUT2D eigenvalue weighted by Gasteiger charge is -2.24. The molecule has 0 heterocycles. The summed E-state index contributed by atoms with van der Waals surface area (Å²) in [7, 11) is 0. The van der Waals surface area contributed by atoms with E-state index in [1.807, 2.05) is 0 Å². The molecule has 0 saturated heterocycles. The zero-order chi connectivity index (χ0) is 45.9. The normalized spacial score (nSPS) is 13.4. The molecular weight excluding hydrogens is 779 g/mol. The van der Waals surface area contributed by atoms with Crippen molar-refractivity contribution in [2.45, 2.75) is 309 Å². The average Bonchev–Trinajstić information content (AvgIpc) is 3.28. The third-order valence-corrected chi connectivity index (χ3v) is 12.7. The molecule has 0 aliphatic rings. The second kappa shape index (κ2) is 51.1. The van der Waals surface area contributed by atoms with Gasteiger partial charge in [-0.3, -0.25) is 9.59 Å². The third kappa shape index (κ3) is 46.4. The molecule has 0 aromatic carbocycles. The van der Waals surface area contributed by atoms with Crippen LogP contribution in [0.4, 0.5) is 0 Å². The quantitative estimate of drug-likeness (QED) is 0.0321. The molecule has 0 aromatic rings. The maximum absolute atomic E-state index is 13.2. The van der Waals surface area contributed by atoms with Crippen molar-refractivity contribution in [2.75, 3.05) is 6.61 Å². The van der Waals surface area contributed by atoms with Crippen LogP contribution in [-0.4, -0.2) is 46.9 Å². The van der Waals surface area contributed by atoms with Gasteiger partial charge in [-0.05, 0) is 83.5 Å². The SMILES string of the molecule is CCCCC/C=C\C/C=C\CCCCCCCCCC(CC(=O)NC(CO)C(O)CCCCCCCCCCCCC)OC(=O)CCCCCCC/C=C/CCCCCCCCC. The first kappa shape index (κ1) is 61.1. The van der Waals surface area contributed by atoms with Gasteiger partial charge in [-0.15, -0.1) is 0 Å². The van der Waals surface area contributed by atoms with Gasteiger partial charge in [-0.1, -0.05) is 231 Å². The molecule has 3 N–H and O–H groups in total. The number of aliphatic hydroxyl groups excluding tert-OH is 2. The molecule has 63 heavy (non-hydrogen) atoms. The summed E-state index contributed by atoms with van der Waals surface area (Å²) in [6.45, 7) is 6.47. The van der Waals surface area contributed by atoms with Crippen LogP contribution in [0.3, 0.4) is 0 Å². The molecule has 1 amide bonds. The van der Waals surface area contributed by atoms with Crippen LogP contribution in [0.25, 0.3) is 0 Å². The molecule has 0 fully saturated rings. The lowest BCUT2D eigenvalue weighted by atomic mass is 10.0. The maximum atomic E-state index is 13.2. The monoisotopic (exact) mass is 886 g/mol. The molecule has 0 saturated carbocycles. The summed E-state index contributed by atoms with van der Waals surface area (Å²) >= 11 is 0. The van der Waals surface area contributed by atoms with Gasteiger partial charge in [0.25, 0.3) is 0 Å². The Kier molecular flexibility index (Phi) is 49.5. The first-order valence-electron chi connectivity index (χ1n) is 27.7. The minimum absolute atomic E-state index is 0.0715. The lowest BCUT2D eigenvalue weighted by Crippen LogP contribution is -2.46. The van der Waals surface area contributed by atoms with E-state index in [1.54, 1.807) is 0 Å². The van der Waals surface area contributed by atoms with E-state index < -0.39 is 18.2 Å². The van der Waals surface area contributed by atoms with Crippen LogP contribution in [-0.2, 0) is 14.3 Å². The van der Waals surface area contributed by atoms with Crippen molar-refractivity contribution < 1.29 is 24.5 Å². The molecule has 0 radical (unpaired) electrons. The van der Waals surface area contributed by atoms with Gasteiger partial charge in [0.05, 0.1) is 25.2 Å². The van der Waals surface area contributed by atoms with Crippen LogP contribution in [0.1, 0.15) is 290 Å². The summed E-state index contributed by atoms with van der Waals surface area (Å²) in [5.41, 5.74) is 0. The Morgan fingerprint density at radius 2 is 0.810 bits per heavy atom. The summed E-state index contributed by atoms with van der Waals surface area (Å²) in [4.78, 5) is 26.2. The maximum Gasteiger partial charge on any atom is 0.306 e. The Morgan fingerprint density at radius 3 is 1.25 bits per heavy atom. The topological polar surface area (TPSA) is 95.9 Å². The van der Waals surface area contributed by atoms with Gasteiger partial charge in [-0.25, -0.2) is 0 Å². The predicted molar refractivity (Wildman–Crippen MR) is 273 cm³/mol. The molecule has 6 nitrogen and oxygen atoms in total. The standard InChI is InChI=1S/C57H107NO5/c1-4-7-10-13-16-19-22-24-26-28-29-31-34-36-39-42-45-48-53(63-57(62)50-47-44-41-38-35-32-30-27-25-23-20-17-14-11-8-5-2)51-56(61)58-54(52-59)55(60)49-46-43-40-37-33-21-18-15-12-9-6-3/h16,19,24,26-27,30,53-55,59-60H,4-15,17-18,20-23,25,28-29,31-52H2,1-3H3,(H,58,61)/b19-16-,26-24-,30-27+. The fraction of sp³-hybridized carbons (Fsp3) is 0.860. The van der Waals surface area contributed by atoms with E-state index in [0.29, 0.717) is 19.3 Å². The first-order valence-corrected chi connectivity index (χ1v) is 27.7. The smallest absolute Gasteiger partial charge is 0.306 e. The molecule has 0 aliphatic carbocycles. The van der Waals surface area contributed by atoms with Crippen molar-refractivity contribution >= 4 is 11.9 Å². The van der Waals surface area contributed by atoms with Gasteiger partial charge >= 0.3 is 5.97 Å². The van der Waals surface area contributed by atoms with Crippen molar-refractivity contribution in [3.05, 3.63) is 36.5 Å². The molecule has 3 atom stereocenters. The van der Waals surface area contributed by atoms with E-state index in [4.69, 9.17) is 4.74 Å². The van der Waals surface area contributed by atoms with Gasteiger partial charge in [0.2, 0.25) is 5.91 Å². The Labute approximate surface area is 392 Å². The Balaban J connectivity index is 4.58.